The van der Waals surface area contributed by atoms with Gasteiger partial charge in [0, 0.05) is 37.0 Å². The minimum atomic E-state index is -2.09. The monoisotopic (exact) mass is 873 g/mol. The smallest absolute Gasteiger partial charge is 0.164 e. The number of pyridine rings is 1. The van der Waals surface area contributed by atoms with Crippen LogP contribution in [0.5, 0.6) is 0 Å². The van der Waals surface area contributed by atoms with Gasteiger partial charge in [0.2, 0.25) is 0 Å². The first-order valence-electron chi connectivity index (χ1n) is 16.5. The molecule has 0 unspecified atom stereocenters. The Morgan fingerprint density at radius 2 is 1.45 bits per heavy atom. The number of aromatic nitrogens is 1. The van der Waals surface area contributed by atoms with Crippen LogP contribution >= 0.6 is 0 Å². The summed E-state index contributed by atoms with van der Waals surface area (Å²) in [4.78, 5) is 16.6. The van der Waals surface area contributed by atoms with E-state index in [0.717, 1.165) is 46.0 Å². The summed E-state index contributed by atoms with van der Waals surface area (Å²) in [5.74, 6) is 7.43. The second-order valence-electron chi connectivity index (χ2n) is 15.8. The molecule has 0 aliphatic rings. The molecule has 2 aromatic heterocycles. The first-order valence-corrected chi connectivity index (χ1v) is 23.9. The van der Waals surface area contributed by atoms with Crippen LogP contribution in [0.3, 0.4) is 0 Å². The van der Waals surface area contributed by atoms with E-state index in [2.05, 4.69) is 98.7 Å². The molecule has 1 radical (unpaired) electrons. The van der Waals surface area contributed by atoms with Gasteiger partial charge in [0.25, 0.3) is 0 Å². The summed E-state index contributed by atoms with van der Waals surface area (Å²) in [7, 11) is 0. The van der Waals surface area contributed by atoms with Gasteiger partial charge >= 0.3 is 187 Å². The first kappa shape index (κ1) is 38.7. The number of benzene rings is 3. The van der Waals surface area contributed by atoms with Gasteiger partial charge < -0.3 is 5.11 Å². The van der Waals surface area contributed by atoms with E-state index >= 15 is 0 Å². The molecule has 5 rings (SSSR count). The largest absolute Gasteiger partial charge is 0.512 e. The molecule has 0 spiro atoms. The zero-order valence-corrected chi connectivity index (χ0v) is 34.8. The van der Waals surface area contributed by atoms with Crippen LogP contribution in [0.25, 0.3) is 44.0 Å². The van der Waals surface area contributed by atoms with Crippen LogP contribution in [-0.4, -0.2) is 29.1 Å². The Balaban J connectivity index is 0.000000322. The molecule has 0 fully saturated rings. The van der Waals surface area contributed by atoms with Crippen LogP contribution in [0.4, 0.5) is 0 Å². The van der Waals surface area contributed by atoms with Crippen LogP contribution in [-0.2, 0) is 30.3 Å². The van der Waals surface area contributed by atoms with Crippen molar-refractivity contribution < 1.29 is 34.4 Å². The third-order valence-electron chi connectivity index (χ3n) is 9.46. The summed E-state index contributed by atoms with van der Waals surface area (Å²) >= 11 is -2.09. The Labute approximate surface area is 298 Å². The molecule has 5 aromatic rings. The van der Waals surface area contributed by atoms with Gasteiger partial charge in [-0.05, 0) is 12.8 Å². The second kappa shape index (κ2) is 14.4. The molecule has 6 heteroatoms. The van der Waals surface area contributed by atoms with Crippen molar-refractivity contribution in [3.05, 3.63) is 84.3 Å². The molecule has 0 bridgehead atoms. The molecule has 0 aliphatic heterocycles. The van der Waals surface area contributed by atoms with Crippen molar-refractivity contribution >= 4 is 56.2 Å². The van der Waals surface area contributed by atoms with Gasteiger partial charge in [0.05, 0.1) is 0 Å². The number of carbonyl (C=O) groups excluding carboxylic acids is 1. The Morgan fingerprint density at radius 3 is 2.04 bits per heavy atom. The normalized spacial score (nSPS) is 13.0. The average molecular weight is 872 g/mol. The fourth-order valence-electron chi connectivity index (χ4n) is 5.36. The van der Waals surface area contributed by atoms with Gasteiger partial charge in [0.1, 0.15) is 5.76 Å². The molecular weight excluding hydrogens is 819 g/mol. The minimum absolute atomic E-state index is 0. The number of hydrogen-bond donors (Lipinski definition) is 1. The SMILES string of the molecule is CC(C)(C)c1cc(-c2nccc3c2oc2[c]([Ge]([CH3])([CH3])[CH3])cccc23)[c-]c2ccccc12.CCC(C)(C)C(=O)/C=C(\O)C(C)(C)CC.[Ir]. The maximum Gasteiger partial charge on any atom is 0.164 e. The molecule has 0 amide bonds. The van der Waals surface area contributed by atoms with Crippen LogP contribution in [0.15, 0.2) is 77.0 Å². The maximum absolute atomic E-state index is 11.8. The minimum Gasteiger partial charge on any atom is -0.512 e. The predicted molar refractivity (Wildman–Crippen MR) is 199 cm³/mol. The summed E-state index contributed by atoms with van der Waals surface area (Å²) in [6, 6.07) is 23.0. The van der Waals surface area contributed by atoms with Crippen molar-refractivity contribution in [3.63, 3.8) is 0 Å². The summed E-state index contributed by atoms with van der Waals surface area (Å²) in [6.07, 6.45) is 4.89. The number of aliphatic hydroxyl groups is 1. The van der Waals surface area contributed by atoms with Crippen LogP contribution in [0.1, 0.15) is 80.7 Å². The quantitative estimate of drug-likeness (QED) is 0.0766. The van der Waals surface area contributed by atoms with Crippen molar-refractivity contribution in [1.29, 1.82) is 0 Å². The molecule has 3 aromatic carbocycles. The zero-order chi connectivity index (χ0) is 34.2. The molecule has 0 atom stereocenters. The molecule has 2 heterocycles. The molecule has 253 valence electrons. The van der Waals surface area contributed by atoms with E-state index < -0.39 is 13.3 Å². The van der Waals surface area contributed by atoms with Crippen molar-refractivity contribution in [2.45, 2.75) is 97.8 Å². The molecule has 47 heavy (non-hydrogen) atoms. The van der Waals surface area contributed by atoms with E-state index in [1.54, 1.807) is 0 Å². The number of aliphatic hydroxyl groups excluding tert-OH is 1. The van der Waals surface area contributed by atoms with Gasteiger partial charge in [0.15, 0.2) is 5.78 Å². The van der Waals surface area contributed by atoms with E-state index in [0.29, 0.717) is 0 Å². The standard InChI is InChI=1S/C28H28GeNO.C13H24O2.Ir/c1-28(2,3)23-17-19(16-18-10-7-8-11-20(18)23)25-27-22(14-15-30-25)21-12-9-13-24(26(21)31-27)29(4,5)6;1-7-12(3,4)10(14)9-11(15)13(5,6)8-2;/h7-15,17H,1-6H3;9,14H,7-8H2,1-6H3;/q-1;;/b;10-9-;. The number of fused-ring (bicyclic) bond motifs is 4. The fourth-order valence-corrected chi connectivity index (χ4v) is 8.43. The van der Waals surface area contributed by atoms with Gasteiger partial charge in [-0.25, -0.2) is 0 Å². The number of rotatable bonds is 7. The summed E-state index contributed by atoms with van der Waals surface area (Å²) < 4.78 is 8.00. The number of nitrogens with zero attached hydrogens (tertiary/aromatic N) is 1. The molecule has 4 nitrogen and oxygen atoms in total. The number of carbonyl (C=O) groups is 1. The fraction of sp³-hybridized carbons (Fsp3) is 0.415. The second-order valence-corrected chi connectivity index (χ2v) is 26.4. The predicted octanol–water partition coefficient (Wildman–Crippen LogP) is 11.3. The molecular formula is C41H52GeIrNO3-. The Bertz CT molecular complexity index is 1920. The summed E-state index contributed by atoms with van der Waals surface area (Å²) in [5, 5.41) is 14.5. The molecule has 0 saturated heterocycles. The van der Waals surface area contributed by atoms with E-state index in [-0.39, 0.29) is 47.9 Å². The first-order chi connectivity index (χ1) is 21.3. The Morgan fingerprint density at radius 1 is 0.851 bits per heavy atom. The van der Waals surface area contributed by atoms with Crippen molar-refractivity contribution in [2.75, 3.05) is 0 Å². The Kier molecular flexibility index (Phi) is 11.9. The van der Waals surface area contributed by atoms with E-state index in [1.165, 1.54) is 26.8 Å². The maximum atomic E-state index is 11.8. The van der Waals surface area contributed by atoms with Gasteiger partial charge in [-0.2, -0.15) is 0 Å². The topological polar surface area (TPSA) is 63.3 Å². The van der Waals surface area contributed by atoms with Crippen molar-refractivity contribution in [3.8, 4) is 11.3 Å². The van der Waals surface area contributed by atoms with Gasteiger partial charge in [-0.15, -0.1) is 0 Å². The van der Waals surface area contributed by atoms with Crippen LogP contribution in [0, 0.1) is 16.9 Å². The number of furan rings is 1. The zero-order valence-electron chi connectivity index (χ0n) is 30.3. The van der Waals surface area contributed by atoms with Crippen molar-refractivity contribution in [2.24, 2.45) is 10.8 Å². The van der Waals surface area contributed by atoms with Gasteiger partial charge in [-0.1, -0.05) is 41.5 Å². The third kappa shape index (κ3) is 8.29. The van der Waals surface area contributed by atoms with E-state index in [9.17, 15) is 9.90 Å². The van der Waals surface area contributed by atoms with Crippen LogP contribution < -0.4 is 4.40 Å². The van der Waals surface area contributed by atoms with Gasteiger partial charge in [-0.3, -0.25) is 4.79 Å². The number of allylic oxidation sites excluding steroid dienone is 2. The third-order valence-corrected chi connectivity index (χ3v) is 13.7. The van der Waals surface area contributed by atoms with Crippen molar-refractivity contribution in [1.82, 2.24) is 4.98 Å². The van der Waals surface area contributed by atoms with E-state index in [1.807, 2.05) is 47.7 Å². The summed E-state index contributed by atoms with van der Waals surface area (Å²) in [5.41, 5.74) is 4.40. The molecule has 0 aliphatic carbocycles. The van der Waals surface area contributed by atoms with E-state index in [4.69, 9.17) is 9.40 Å². The number of hydrogen-bond acceptors (Lipinski definition) is 4. The number of para-hydroxylation sites is 1. The number of ketones is 1. The average Bonchev–Trinajstić information content (AvgIpc) is 3.38. The molecule has 0 saturated carbocycles. The van der Waals surface area contributed by atoms with Crippen LogP contribution in [0.2, 0.25) is 17.3 Å². The Hall–Kier alpha value is -2.73. The summed E-state index contributed by atoms with van der Waals surface area (Å²) in [6.45, 7) is 18.4. The molecule has 1 N–H and O–H groups in total.